The molecule has 17 heavy (non-hydrogen) atoms. The van der Waals surface area contributed by atoms with Crippen molar-refractivity contribution in [2.75, 3.05) is 6.61 Å². The van der Waals surface area contributed by atoms with E-state index in [0.29, 0.717) is 6.42 Å². The second-order valence-electron chi connectivity index (χ2n) is 3.33. The van der Waals surface area contributed by atoms with Crippen LogP contribution in [-0.4, -0.2) is 21.0 Å². The Balaban J connectivity index is 2.74. The second kappa shape index (κ2) is 6.20. The minimum atomic E-state index is -3.56. The van der Waals surface area contributed by atoms with Crippen LogP contribution in [0.25, 0.3) is 0 Å². The zero-order valence-corrected chi connectivity index (χ0v) is 10.3. The SMILES string of the molecule is CCCOC(=O)C=CS(=O)(=O)c1ccccc1. The van der Waals surface area contributed by atoms with E-state index in [0.717, 1.165) is 11.5 Å². The quantitative estimate of drug-likeness (QED) is 0.595. The average molecular weight is 254 g/mol. The van der Waals surface area contributed by atoms with Crippen molar-refractivity contribution in [1.29, 1.82) is 0 Å². The molecule has 0 aromatic heterocycles. The molecule has 0 heterocycles. The third-order valence-electron chi connectivity index (χ3n) is 1.90. The highest BCUT2D eigenvalue weighted by molar-refractivity contribution is 7.94. The van der Waals surface area contributed by atoms with E-state index in [1.807, 2.05) is 6.92 Å². The fourth-order valence-corrected chi connectivity index (χ4v) is 2.07. The largest absolute Gasteiger partial charge is 0.463 e. The van der Waals surface area contributed by atoms with Crippen LogP contribution in [0, 0.1) is 0 Å². The number of ether oxygens (including phenoxy) is 1. The summed E-state index contributed by atoms with van der Waals surface area (Å²) in [5.74, 6) is -0.647. The van der Waals surface area contributed by atoms with Gasteiger partial charge >= 0.3 is 5.97 Å². The van der Waals surface area contributed by atoms with Crippen molar-refractivity contribution in [3.63, 3.8) is 0 Å². The van der Waals surface area contributed by atoms with Crippen LogP contribution in [0.1, 0.15) is 13.3 Å². The highest BCUT2D eigenvalue weighted by Crippen LogP contribution is 2.10. The summed E-state index contributed by atoms with van der Waals surface area (Å²) < 4.78 is 28.2. The normalized spacial score (nSPS) is 11.6. The van der Waals surface area contributed by atoms with Gasteiger partial charge in [-0.05, 0) is 18.6 Å². The lowest BCUT2D eigenvalue weighted by atomic mass is 10.4. The van der Waals surface area contributed by atoms with Gasteiger partial charge in [0, 0.05) is 11.5 Å². The maximum Gasteiger partial charge on any atom is 0.331 e. The van der Waals surface area contributed by atoms with Gasteiger partial charge in [0.2, 0.25) is 0 Å². The van der Waals surface area contributed by atoms with Gasteiger partial charge in [-0.25, -0.2) is 13.2 Å². The standard InChI is InChI=1S/C12H14O4S/c1-2-9-16-12(13)8-10-17(14,15)11-6-4-3-5-7-11/h3-8,10H,2,9H2,1H3. The molecule has 1 rings (SSSR count). The van der Waals surface area contributed by atoms with Gasteiger partial charge in [-0.1, -0.05) is 25.1 Å². The van der Waals surface area contributed by atoms with Gasteiger partial charge < -0.3 is 4.74 Å². The molecule has 0 bridgehead atoms. The molecule has 0 aliphatic carbocycles. The van der Waals surface area contributed by atoms with Crippen molar-refractivity contribution < 1.29 is 17.9 Å². The molecular weight excluding hydrogens is 240 g/mol. The minimum absolute atomic E-state index is 0.152. The van der Waals surface area contributed by atoms with Crippen molar-refractivity contribution in [2.24, 2.45) is 0 Å². The number of esters is 1. The first-order valence-corrected chi connectivity index (χ1v) is 6.76. The molecule has 4 nitrogen and oxygen atoms in total. The Morgan fingerprint density at radius 1 is 1.29 bits per heavy atom. The topological polar surface area (TPSA) is 60.4 Å². The monoisotopic (exact) mass is 254 g/mol. The first-order valence-electron chi connectivity index (χ1n) is 5.21. The van der Waals surface area contributed by atoms with Gasteiger partial charge in [-0.2, -0.15) is 0 Å². The molecule has 0 aliphatic rings. The van der Waals surface area contributed by atoms with Gasteiger partial charge in [0.05, 0.1) is 11.5 Å². The van der Waals surface area contributed by atoms with Crippen molar-refractivity contribution in [1.82, 2.24) is 0 Å². The molecule has 0 saturated carbocycles. The number of hydrogen-bond acceptors (Lipinski definition) is 4. The van der Waals surface area contributed by atoms with Gasteiger partial charge in [0.1, 0.15) is 0 Å². The minimum Gasteiger partial charge on any atom is -0.463 e. The van der Waals surface area contributed by atoms with Crippen LogP contribution in [0.5, 0.6) is 0 Å². The summed E-state index contributed by atoms with van der Waals surface area (Å²) in [6, 6.07) is 7.90. The van der Waals surface area contributed by atoms with Gasteiger partial charge in [0.25, 0.3) is 0 Å². The molecule has 0 N–H and O–H groups in total. The molecule has 0 radical (unpaired) electrons. The first kappa shape index (κ1) is 13.4. The van der Waals surface area contributed by atoms with Crippen molar-refractivity contribution in [3.8, 4) is 0 Å². The van der Waals surface area contributed by atoms with Crippen LogP contribution in [0.4, 0.5) is 0 Å². The Labute approximate surface area is 101 Å². The predicted molar refractivity (Wildman–Crippen MR) is 64.0 cm³/mol. The Morgan fingerprint density at radius 2 is 1.94 bits per heavy atom. The number of carbonyl (C=O) groups excluding carboxylic acids is 1. The third kappa shape index (κ3) is 4.40. The maximum absolute atomic E-state index is 11.7. The number of hydrogen-bond donors (Lipinski definition) is 0. The molecule has 92 valence electrons. The highest BCUT2D eigenvalue weighted by atomic mass is 32.2. The first-order chi connectivity index (χ1) is 8.06. The van der Waals surface area contributed by atoms with E-state index in [4.69, 9.17) is 4.74 Å². The summed E-state index contributed by atoms with van der Waals surface area (Å²) in [6.07, 6.45) is 1.63. The predicted octanol–water partition coefficient (Wildman–Crippen LogP) is 1.93. The molecule has 0 spiro atoms. The van der Waals surface area contributed by atoms with Crippen LogP contribution in [0.3, 0.4) is 0 Å². The highest BCUT2D eigenvalue weighted by Gasteiger charge is 2.09. The summed E-state index contributed by atoms with van der Waals surface area (Å²) in [6.45, 7) is 2.15. The van der Waals surface area contributed by atoms with Crippen LogP contribution < -0.4 is 0 Å². The van der Waals surface area contributed by atoms with Crippen LogP contribution in [-0.2, 0) is 19.4 Å². The van der Waals surface area contributed by atoms with Crippen molar-refractivity contribution in [2.45, 2.75) is 18.2 Å². The lowest BCUT2D eigenvalue weighted by Crippen LogP contribution is -2.03. The molecule has 0 aliphatic heterocycles. The van der Waals surface area contributed by atoms with Crippen LogP contribution in [0.2, 0.25) is 0 Å². The summed E-state index contributed by atoms with van der Waals surface area (Å²) >= 11 is 0. The Kier molecular flexibility index (Phi) is 4.90. The molecule has 0 fully saturated rings. The van der Waals surface area contributed by atoms with E-state index in [-0.39, 0.29) is 11.5 Å². The summed E-state index contributed by atoms with van der Waals surface area (Å²) in [5.41, 5.74) is 0. The number of rotatable bonds is 5. The lowest BCUT2D eigenvalue weighted by molar-refractivity contribution is -0.137. The van der Waals surface area contributed by atoms with E-state index in [1.54, 1.807) is 18.2 Å². The molecular formula is C12H14O4S. The van der Waals surface area contributed by atoms with Crippen molar-refractivity contribution in [3.05, 3.63) is 41.8 Å². The summed E-state index contributed by atoms with van der Waals surface area (Å²) in [4.78, 5) is 11.3. The summed E-state index contributed by atoms with van der Waals surface area (Å²) in [5, 5.41) is 0.861. The summed E-state index contributed by atoms with van der Waals surface area (Å²) in [7, 11) is -3.56. The van der Waals surface area contributed by atoms with Crippen LogP contribution >= 0.6 is 0 Å². The fraction of sp³-hybridized carbons (Fsp3) is 0.250. The van der Waals surface area contributed by atoms with Crippen molar-refractivity contribution >= 4 is 15.8 Å². The molecule has 1 aromatic carbocycles. The molecule has 0 saturated heterocycles. The van der Waals surface area contributed by atoms with E-state index in [9.17, 15) is 13.2 Å². The number of sulfone groups is 1. The van der Waals surface area contributed by atoms with E-state index in [2.05, 4.69) is 0 Å². The smallest absolute Gasteiger partial charge is 0.331 e. The molecule has 5 heteroatoms. The molecule has 0 unspecified atom stereocenters. The van der Waals surface area contributed by atoms with E-state index < -0.39 is 15.8 Å². The fourth-order valence-electron chi connectivity index (χ4n) is 1.08. The number of benzene rings is 1. The molecule has 0 atom stereocenters. The molecule has 1 aromatic rings. The van der Waals surface area contributed by atoms with Gasteiger partial charge in [0.15, 0.2) is 9.84 Å². The Morgan fingerprint density at radius 3 is 2.53 bits per heavy atom. The lowest BCUT2D eigenvalue weighted by Gasteiger charge is -1.99. The van der Waals surface area contributed by atoms with E-state index >= 15 is 0 Å². The maximum atomic E-state index is 11.7. The Bertz CT molecular complexity index is 488. The Hall–Kier alpha value is -1.62. The van der Waals surface area contributed by atoms with Gasteiger partial charge in [-0.15, -0.1) is 0 Å². The second-order valence-corrected chi connectivity index (χ2v) is 5.16. The number of carbonyl (C=O) groups is 1. The third-order valence-corrected chi connectivity index (χ3v) is 3.33. The average Bonchev–Trinajstić information content (AvgIpc) is 2.35. The zero-order valence-electron chi connectivity index (χ0n) is 9.50. The van der Waals surface area contributed by atoms with E-state index in [1.165, 1.54) is 12.1 Å². The van der Waals surface area contributed by atoms with Gasteiger partial charge in [-0.3, -0.25) is 0 Å². The van der Waals surface area contributed by atoms with Crippen LogP contribution in [0.15, 0.2) is 46.7 Å². The zero-order chi connectivity index (χ0) is 12.7. The molecule has 0 amide bonds.